The highest BCUT2D eigenvalue weighted by Crippen LogP contribution is 2.36. The van der Waals surface area contributed by atoms with Crippen LogP contribution in [0, 0.1) is 0 Å². The van der Waals surface area contributed by atoms with Gasteiger partial charge in [0.05, 0.1) is 0 Å². The van der Waals surface area contributed by atoms with Gasteiger partial charge < -0.3 is 40.0 Å². The molecule has 0 saturated carbocycles. The molecule has 0 unspecified atom stereocenters. The summed E-state index contributed by atoms with van der Waals surface area (Å²) in [6.07, 6.45) is 6.64. The fourth-order valence-electron chi connectivity index (χ4n) is 7.73. The van der Waals surface area contributed by atoms with Crippen molar-refractivity contribution >= 4 is 17.8 Å². The third-order valence-electron chi connectivity index (χ3n) is 8.65. The van der Waals surface area contributed by atoms with Gasteiger partial charge >= 0.3 is 0 Å². The first-order valence-electron chi connectivity index (χ1n) is 16.7. The molecule has 0 aromatic carbocycles. The molecule has 1 aromatic rings. The summed E-state index contributed by atoms with van der Waals surface area (Å²) in [5.74, 6) is 2.10. The van der Waals surface area contributed by atoms with Crippen molar-refractivity contribution in [2.24, 2.45) is 0 Å². The van der Waals surface area contributed by atoms with Crippen molar-refractivity contribution in [3.63, 3.8) is 0 Å². The lowest BCUT2D eigenvalue weighted by molar-refractivity contribution is 0.154. The zero-order valence-electron chi connectivity index (χ0n) is 29.8. The van der Waals surface area contributed by atoms with Gasteiger partial charge in [-0.3, -0.25) is 0 Å². The Morgan fingerprint density at radius 2 is 0.977 bits per heavy atom. The summed E-state index contributed by atoms with van der Waals surface area (Å²) in [5.41, 5.74) is -0.0497. The van der Waals surface area contributed by atoms with Crippen molar-refractivity contribution in [2.75, 3.05) is 75.9 Å². The van der Waals surface area contributed by atoms with Gasteiger partial charge in [0.25, 0.3) is 0 Å². The predicted octanol–water partition coefficient (Wildman–Crippen LogP) is 4.62. The Morgan fingerprint density at radius 1 is 0.614 bits per heavy atom. The van der Waals surface area contributed by atoms with Gasteiger partial charge in [-0.1, -0.05) is 0 Å². The molecule has 2 saturated heterocycles. The van der Waals surface area contributed by atoms with Crippen LogP contribution in [0.1, 0.15) is 100 Å². The fraction of sp³-hybridized carbons (Fsp3) is 0.909. The number of piperidine rings is 2. The van der Waals surface area contributed by atoms with E-state index in [1.807, 2.05) is 0 Å². The van der Waals surface area contributed by atoms with Crippen LogP contribution in [0.5, 0.6) is 0 Å². The van der Waals surface area contributed by atoms with Crippen molar-refractivity contribution < 1.29 is 14.2 Å². The Bertz CT molecular complexity index is 916. The van der Waals surface area contributed by atoms with Crippen molar-refractivity contribution in [1.29, 1.82) is 0 Å². The summed E-state index contributed by atoms with van der Waals surface area (Å²) in [6.45, 7) is 22.8. The highest BCUT2D eigenvalue weighted by molar-refractivity contribution is 5.47. The molecule has 254 valence electrons. The molecule has 1 aromatic heterocycles. The van der Waals surface area contributed by atoms with E-state index in [2.05, 4.69) is 81.1 Å². The molecule has 3 heterocycles. The SMILES string of the molecule is COCCCNc1nc(N(CCCOC)C2CC(C)(C)NC(C)(C)C2)nc(N(CCCOC)C2CC(C)(C)NC(C)(C)C2)n1. The lowest BCUT2D eigenvalue weighted by Crippen LogP contribution is -2.63. The summed E-state index contributed by atoms with van der Waals surface area (Å²) in [6, 6.07) is 0.543. The van der Waals surface area contributed by atoms with Crippen LogP contribution in [0.3, 0.4) is 0 Å². The molecule has 0 bridgehead atoms. The van der Waals surface area contributed by atoms with E-state index < -0.39 is 0 Å². The molecule has 2 aliphatic rings. The summed E-state index contributed by atoms with van der Waals surface area (Å²) < 4.78 is 16.3. The molecule has 44 heavy (non-hydrogen) atoms. The third-order valence-corrected chi connectivity index (χ3v) is 8.65. The van der Waals surface area contributed by atoms with E-state index >= 15 is 0 Å². The second kappa shape index (κ2) is 15.7. The minimum atomic E-state index is -0.0124. The van der Waals surface area contributed by atoms with Crippen molar-refractivity contribution in [2.45, 2.75) is 135 Å². The van der Waals surface area contributed by atoms with Crippen molar-refractivity contribution in [3.05, 3.63) is 0 Å². The summed E-state index contributed by atoms with van der Waals surface area (Å²) in [7, 11) is 5.27. The minimum Gasteiger partial charge on any atom is -0.385 e. The van der Waals surface area contributed by atoms with Gasteiger partial charge in [-0.2, -0.15) is 15.0 Å². The van der Waals surface area contributed by atoms with Crippen LogP contribution in [0.25, 0.3) is 0 Å². The normalized spacial score (nSPS) is 21.2. The van der Waals surface area contributed by atoms with Gasteiger partial charge in [-0.15, -0.1) is 0 Å². The van der Waals surface area contributed by atoms with Gasteiger partial charge in [0.2, 0.25) is 17.8 Å². The Morgan fingerprint density at radius 3 is 1.34 bits per heavy atom. The lowest BCUT2D eigenvalue weighted by atomic mass is 9.79. The van der Waals surface area contributed by atoms with E-state index in [4.69, 9.17) is 29.2 Å². The first-order chi connectivity index (χ1) is 20.6. The molecule has 0 amide bonds. The van der Waals surface area contributed by atoms with Crippen LogP contribution in [-0.2, 0) is 14.2 Å². The summed E-state index contributed by atoms with van der Waals surface area (Å²) in [4.78, 5) is 20.4. The van der Waals surface area contributed by atoms with Gasteiger partial charge in [-0.25, -0.2) is 0 Å². The van der Waals surface area contributed by atoms with E-state index in [-0.39, 0.29) is 34.2 Å². The monoisotopic (exact) mass is 621 g/mol. The molecule has 0 aliphatic carbocycles. The van der Waals surface area contributed by atoms with E-state index in [0.717, 1.165) is 76.5 Å². The molecule has 0 radical (unpaired) electrons. The number of nitrogens with zero attached hydrogens (tertiary/aromatic N) is 5. The molecular weight excluding hydrogens is 556 g/mol. The Hall–Kier alpha value is -1.79. The summed E-state index contributed by atoms with van der Waals surface area (Å²) in [5, 5.41) is 11.2. The highest BCUT2D eigenvalue weighted by atomic mass is 16.5. The molecule has 0 spiro atoms. The smallest absolute Gasteiger partial charge is 0.232 e. The van der Waals surface area contributed by atoms with Crippen LogP contribution in [0.2, 0.25) is 0 Å². The molecule has 11 heteroatoms. The minimum absolute atomic E-state index is 0.0124. The van der Waals surface area contributed by atoms with Gasteiger partial charge in [-0.05, 0) is 100 Å². The number of ether oxygens (including phenoxy) is 3. The quantitative estimate of drug-likeness (QED) is 0.212. The molecular formula is C33H64N8O3. The standard InChI is InChI=1S/C33H64N8O3/c1-30(2)21-25(22-31(3,4)38-30)40(16-13-19-43-10)28-35-27(34-15-12-18-42-9)36-29(37-28)41(17-14-20-44-11)26-23-32(5,6)39-33(7,8)24-26/h25-26,38-39H,12-24H2,1-11H3,(H,34,35,36,37). The van der Waals surface area contributed by atoms with Gasteiger partial charge in [0, 0.05) is 95.0 Å². The first-order valence-corrected chi connectivity index (χ1v) is 16.7. The second-order valence-corrected chi connectivity index (χ2v) is 15.5. The lowest BCUT2D eigenvalue weighted by Gasteiger charge is -2.50. The van der Waals surface area contributed by atoms with Gasteiger partial charge in [0.15, 0.2) is 0 Å². The largest absolute Gasteiger partial charge is 0.385 e. The average molecular weight is 621 g/mol. The number of hydrogen-bond acceptors (Lipinski definition) is 11. The maximum Gasteiger partial charge on any atom is 0.232 e. The van der Waals surface area contributed by atoms with Crippen LogP contribution in [0.15, 0.2) is 0 Å². The maximum atomic E-state index is 5.49. The van der Waals surface area contributed by atoms with E-state index in [1.165, 1.54) is 0 Å². The average Bonchev–Trinajstić information content (AvgIpc) is 2.88. The predicted molar refractivity (Wildman–Crippen MR) is 181 cm³/mol. The zero-order valence-corrected chi connectivity index (χ0v) is 29.8. The van der Waals surface area contributed by atoms with Crippen LogP contribution in [0.4, 0.5) is 17.8 Å². The third kappa shape index (κ3) is 11.2. The maximum absolute atomic E-state index is 5.49. The molecule has 0 atom stereocenters. The number of nitrogens with one attached hydrogen (secondary N) is 3. The summed E-state index contributed by atoms with van der Waals surface area (Å²) >= 11 is 0. The Balaban J connectivity index is 2.10. The van der Waals surface area contributed by atoms with Crippen molar-refractivity contribution in [1.82, 2.24) is 25.6 Å². The molecule has 3 N–H and O–H groups in total. The number of rotatable bonds is 17. The number of methoxy groups -OCH3 is 3. The van der Waals surface area contributed by atoms with E-state index in [1.54, 1.807) is 21.3 Å². The zero-order chi connectivity index (χ0) is 32.6. The van der Waals surface area contributed by atoms with Crippen LogP contribution < -0.4 is 25.8 Å². The Labute approximate surface area is 268 Å². The molecule has 11 nitrogen and oxygen atoms in total. The molecule has 2 fully saturated rings. The first kappa shape index (κ1) is 36.7. The van der Waals surface area contributed by atoms with E-state index in [9.17, 15) is 0 Å². The number of aromatic nitrogens is 3. The molecule has 3 rings (SSSR count). The topological polar surface area (TPSA) is 109 Å². The van der Waals surface area contributed by atoms with Gasteiger partial charge in [0.1, 0.15) is 0 Å². The fourth-order valence-corrected chi connectivity index (χ4v) is 7.73. The number of hydrogen-bond donors (Lipinski definition) is 3. The van der Waals surface area contributed by atoms with Crippen molar-refractivity contribution in [3.8, 4) is 0 Å². The highest BCUT2D eigenvalue weighted by Gasteiger charge is 2.42. The van der Waals surface area contributed by atoms with Crippen LogP contribution in [-0.4, -0.2) is 110 Å². The molecule has 2 aliphatic heterocycles. The van der Waals surface area contributed by atoms with E-state index in [0.29, 0.717) is 25.8 Å². The van der Waals surface area contributed by atoms with Crippen LogP contribution >= 0.6 is 0 Å². The Kier molecular flexibility index (Phi) is 13.1. The number of anilines is 3. The second-order valence-electron chi connectivity index (χ2n) is 15.5.